The highest BCUT2D eigenvalue weighted by Gasteiger charge is 2.17. The summed E-state index contributed by atoms with van der Waals surface area (Å²) in [7, 11) is 0. The minimum absolute atomic E-state index is 0. The Morgan fingerprint density at radius 3 is 1.11 bits per heavy atom. The van der Waals surface area contributed by atoms with Gasteiger partial charge in [0.1, 0.15) is 32.2 Å². The Balaban J connectivity index is 0. The van der Waals surface area contributed by atoms with Crippen LogP contribution in [0.5, 0.6) is 0 Å². The minimum Gasteiger partial charge on any atom is -0.377 e. The molecule has 22 heteroatoms. The lowest BCUT2D eigenvalue weighted by molar-refractivity contribution is -0.127. The van der Waals surface area contributed by atoms with Crippen molar-refractivity contribution in [3.05, 3.63) is 0 Å². The summed E-state index contributed by atoms with van der Waals surface area (Å²) in [5.74, 6) is -2.39. The summed E-state index contributed by atoms with van der Waals surface area (Å²) in [5.41, 5.74) is 5.31. The molecule has 0 spiro atoms. The van der Waals surface area contributed by atoms with Crippen molar-refractivity contribution in [1.29, 1.82) is 0 Å². The summed E-state index contributed by atoms with van der Waals surface area (Å²) >= 11 is 0. The van der Waals surface area contributed by atoms with Crippen LogP contribution in [0.2, 0.25) is 0 Å². The molecular formula is C39H72N6O16. The molecular weight excluding hydrogens is 808 g/mol. The smallest absolute Gasteiger partial charge is 0.246 e. The van der Waals surface area contributed by atoms with Gasteiger partial charge in [0.2, 0.25) is 35.4 Å². The van der Waals surface area contributed by atoms with Crippen molar-refractivity contribution in [1.82, 2.24) is 26.6 Å². The average Bonchev–Trinajstić information content (AvgIpc) is 3.20. The third-order valence-corrected chi connectivity index (χ3v) is 7.81. The number of unbranched alkanes of at least 4 members (excludes halogenated alkanes) is 1. The van der Waals surface area contributed by atoms with E-state index in [1.54, 1.807) is 0 Å². The number of primary amides is 1. The predicted octanol–water partition coefficient (Wildman–Crippen LogP) is -2.04. The van der Waals surface area contributed by atoms with E-state index in [9.17, 15) is 38.4 Å². The SMILES string of the molecule is CC(=O)COCCOCCNC(=O)COCCOCCNC(=O)CCCC(=O)NCCOCCOCC(=O)NCCOCCOCC(=O)NCCCC[C@H](CC(C)=O)C(N)=O.[HH]. The van der Waals surface area contributed by atoms with Crippen LogP contribution in [-0.4, -0.2) is 185 Å². The molecule has 0 radical (unpaired) electrons. The first kappa shape index (κ1) is 56.8. The van der Waals surface area contributed by atoms with E-state index in [0.29, 0.717) is 65.1 Å². The van der Waals surface area contributed by atoms with Crippen LogP contribution in [0.25, 0.3) is 0 Å². The molecule has 0 heterocycles. The average molecular weight is 881 g/mol. The zero-order valence-electron chi connectivity index (χ0n) is 36.0. The Labute approximate surface area is 359 Å². The van der Waals surface area contributed by atoms with Gasteiger partial charge < -0.3 is 75.0 Å². The van der Waals surface area contributed by atoms with Crippen molar-refractivity contribution in [2.45, 2.75) is 58.8 Å². The molecule has 6 amide bonds. The fraction of sp³-hybridized carbons (Fsp3) is 0.795. The second-order valence-corrected chi connectivity index (χ2v) is 13.5. The van der Waals surface area contributed by atoms with E-state index < -0.39 is 11.8 Å². The number of nitrogens with two attached hydrogens (primary N) is 1. The summed E-state index contributed by atoms with van der Waals surface area (Å²) in [6.07, 6.45) is 2.68. The number of Topliss-reactive ketones (excluding diaryl/α,β-unsaturated/α-hetero) is 2. The molecule has 0 aliphatic heterocycles. The molecule has 0 aromatic heterocycles. The number of rotatable bonds is 44. The number of hydrogen-bond acceptors (Lipinski definition) is 16. The van der Waals surface area contributed by atoms with Gasteiger partial charge in [0.15, 0.2) is 5.78 Å². The zero-order valence-corrected chi connectivity index (χ0v) is 36.0. The van der Waals surface area contributed by atoms with Gasteiger partial charge in [-0.3, -0.25) is 33.6 Å². The van der Waals surface area contributed by atoms with Crippen molar-refractivity contribution in [3.63, 3.8) is 0 Å². The van der Waals surface area contributed by atoms with Gasteiger partial charge >= 0.3 is 0 Å². The number of nitrogens with one attached hydrogen (secondary N) is 5. The van der Waals surface area contributed by atoms with E-state index in [0.717, 1.165) is 0 Å². The summed E-state index contributed by atoms with van der Waals surface area (Å²) in [6.45, 7) is 7.16. The summed E-state index contributed by atoms with van der Waals surface area (Å²) in [5, 5.41) is 13.4. The highest BCUT2D eigenvalue weighted by molar-refractivity contribution is 5.84. The van der Waals surface area contributed by atoms with Gasteiger partial charge in [-0.15, -0.1) is 0 Å². The van der Waals surface area contributed by atoms with E-state index in [-0.39, 0.29) is 161 Å². The predicted molar refractivity (Wildman–Crippen MR) is 220 cm³/mol. The van der Waals surface area contributed by atoms with Crippen LogP contribution in [0.15, 0.2) is 0 Å². The summed E-state index contributed by atoms with van der Waals surface area (Å²) in [6, 6.07) is 0. The first-order chi connectivity index (χ1) is 29.4. The van der Waals surface area contributed by atoms with Crippen LogP contribution >= 0.6 is 0 Å². The van der Waals surface area contributed by atoms with E-state index >= 15 is 0 Å². The molecule has 354 valence electrons. The Hall–Kier alpha value is -4.16. The molecule has 0 aliphatic rings. The molecule has 0 aromatic carbocycles. The molecule has 22 nitrogen and oxygen atoms in total. The zero-order chi connectivity index (χ0) is 45.2. The van der Waals surface area contributed by atoms with Crippen LogP contribution in [0.3, 0.4) is 0 Å². The van der Waals surface area contributed by atoms with Crippen molar-refractivity contribution < 1.29 is 77.7 Å². The Morgan fingerprint density at radius 2 is 0.754 bits per heavy atom. The van der Waals surface area contributed by atoms with Crippen LogP contribution in [0.4, 0.5) is 0 Å². The van der Waals surface area contributed by atoms with Crippen molar-refractivity contribution in [3.8, 4) is 0 Å². The molecule has 1 atom stereocenters. The van der Waals surface area contributed by atoms with Crippen LogP contribution in [0, 0.1) is 5.92 Å². The molecule has 0 aromatic rings. The van der Waals surface area contributed by atoms with Gasteiger partial charge in [0.05, 0.1) is 79.3 Å². The maximum atomic E-state index is 12.0. The second-order valence-electron chi connectivity index (χ2n) is 13.5. The maximum absolute atomic E-state index is 12.0. The molecule has 7 N–H and O–H groups in total. The normalized spacial score (nSPS) is 11.4. The van der Waals surface area contributed by atoms with Gasteiger partial charge in [-0.25, -0.2) is 0 Å². The lowest BCUT2D eigenvalue weighted by Gasteiger charge is -2.11. The monoisotopic (exact) mass is 881 g/mol. The molecule has 0 bridgehead atoms. The molecule has 61 heavy (non-hydrogen) atoms. The van der Waals surface area contributed by atoms with E-state index in [4.69, 9.17) is 43.6 Å². The lowest BCUT2D eigenvalue weighted by Crippen LogP contribution is -2.32. The van der Waals surface area contributed by atoms with E-state index in [1.807, 2.05) is 0 Å². The number of amides is 6. The summed E-state index contributed by atoms with van der Waals surface area (Å²) < 4.78 is 42.2. The van der Waals surface area contributed by atoms with Gasteiger partial charge in [0.25, 0.3) is 0 Å². The largest absolute Gasteiger partial charge is 0.377 e. The third kappa shape index (κ3) is 42.3. The van der Waals surface area contributed by atoms with E-state index in [1.165, 1.54) is 13.8 Å². The number of hydrogen-bond donors (Lipinski definition) is 6. The topological polar surface area (TPSA) is 297 Å². The molecule has 0 unspecified atom stereocenters. The fourth-order valence-corrected chi connectivity index (χ4v) is 4.82. The van der Waals surface area contributed by atoms with Crippen molar-refractivity contribution >= 4 is 47.0 Å². The molecule has 0 saturated carbocycles. The third-order valence-electron chi connectivity index (χ3n) is 7.81. The Morgan fingerprint density at radius 1 is 0.410 bits per heavy atom. The molecule has 0 fully saturated rings. The van der Waals surface area contributed by atoms with Crippen LogP contribution in [0.1, 0.15) is 60.2 Å². The molecule has 0 rings (SSSR count). The number of carbonyl (C=O) groups is 8. The first-order valence-electron chi connectivity index (χ1n) is 20.6. The molecule has 0 saturated heterocycles. The quantitative estimate of drug-likeness (QED) is 0.0359. The Bertz CT molecular complexity index is 1250. The fourth-order valence-electron chi connectivity index (χ4n) is 4.82. The van der Waals surface area contributed by atoms with Gasteiger partial charge in [-0.1, -0.05) is 6.42 Å². The lowest BCUT2D eigenvalue weighted by atomic mass is 9.96. The van der Waals surface area contributed by atoms with E-state index in [2.05, 4.69) is 26.6 Å². The number of ketones is 2. The molecule has 0 aliphatic carbocycles. The van der Waals surface area contributed by atoms with Crippen molar-refractivity contribution in [2.24, 2.45) is 11.7 Å². The van der Waals surface area contributed by atoms with Gasteiger partial charge in [-0.05, 0) is 33.1 Å². The van der Waals surface area contributed by atoms with Crippen molar-refractivity contribution in [2.75, 3.05) is 138 Å². The highest BCUT2D eigenvalue weighted by Crippen LogP contribution is 2.12. The van der Waals surface area contributed by atoms with Gasteiger partial charge in [-0.2, -0.15) is 0 Å². The number of carbonyl (C=O) groups excluding carboxylic acids is 8. The number of ether oxygens (including phenoxy) is 8. The van der Waals surface area contributed by atoms with Gasteiger partial charge in [0, 0.05) is 59.3 Å². The minimum atomic E-state index is -0.491. The summed E-state index contributed by atoms with van der Waals surface area (Å²) in [4.78, 5) is 92.7. The standard InChI is InChI=1S/C39H70N6O16.H2/c1-31(46)26-33(39(40)53)6-3-4-9-41-36(50)28-59-23-21-57-17-13-45-38(52)30-61-25-20-55-15-11-43-35(49)8-5-7-34(48)42-10-14-54-19-24-60-29-37(51)44-12-16-56-18-22-58-27-32(2)47;/h33H,3-30H2,1-2H3,(H2,40,53)(H,41,50)(H,42,48)(H,43,49)(H,44,51)(H,45,52);1H/t33-;/m1./s1. The first-order valence-corrected chi connectivity index (χ1v) is 20.6. The maximum Gasteiger partial charge on any atom is 0.246 e. The Kier molecular flexibility index (Phi) is 38.4. The van der Waals surface area contributed by atoms with Crippen LogP contribution in [-0.2, 0) is 76.3 Å². The second kappa shape index (κ2) is 41.2. The highest BCUT2D eigenvalue weighted by atomic mass is 16.5. The van der Waals surface area contributed by atoms with Crippen LogP contribution < -0.4 is 32.3 Å².